The molecule has 1 unspecified atom stereocenters. The SMILES string of the molecule is CCCC(CN)NC(=O)C12CC3CC(CC(C3)C1)C2. The van der Waals surface area contributed by atoms with Crippen LogP contribution in [0.1, 0.15) is 58.3 Å². The first-order valence-electron chi connectivity index (χ1n) is 8.16. The van der Waals surface area contributed by atoms with Gasteiger partial charge in [0.15, 0.2) is 0 Å². The zero-order valence-electron chi connectivity index (χ0n) is 12.2. The monoisotopic (exact) mass is 264 g/mol. The molecule has 1 atom stereocenters. The van der Waals surface area contributed by atoms with E-state index in [4.69, 9.17) is 5.73 Å². The number of hydrogen-bond acceptors (Lipinski definition) is 2. The van der Waals surface area contributed by atoms with Gasteiger partial charge in [-0.2, -0.15) is 0 Å². The summed E-state index contributed by atoms with van der Waals surface area (Å²) in [6.07, 6.45) is 9.71. The summed E-state index contributed by atoms with van der Waals surface area (Å²) in [5.41, 5.74) is 5.77. The fraction of sp³-hybridized carbons (Fsp3) is 0.938. The maximum absolute atomic E-state index is 12.8. The smallest absolute Gasteiger partial charge is 0.226 e. The third kappa shape index (κ3) is 2.42. The van der Waals surface area contributed by atoms with Gasteiger partial charge in [0.05, 0.1) is 0 Å². The molecule has 0 aromatic carbocycles. The minimum atomic E-state index is -0.0179. The van der Waals surface area contributed by atoms with Crippen LogP contribution in [0.25, 0.3) is 0 Å². The summed E-state index contributed by atoms with van der Waals surface area (Å²) in [5.74, 6) is 2.83. The minimum Gasteiger partial charge on any atom is -0.352 e. The molecular formula is C16H28N2O. The van der Waals surface area contributed by atoms with Gasteiger partial charge in [-0.3, -0.25) is 4.79 Å². The third-order valence-electron chi connectivity index (χ3n) is 5.78. The van der Waals surface area contributed by atoms with E-state index >= 15 is 0 Å². The highest BCUT2D eigenvalue weighted by atomic mass is 16.2. The van der Waals surface area contributed by atoms with Crippen molar-refractivity contribution in [3.8, 4) is 0 Å². The molecule has 3 N–H and O–H groups in total. The average molecular weight is 264 g/mol. The van der Waals surface area contributed by atoms with Crippen LogP contribution in [0.4, 0.5) is 0 Å². The molecule has 108 valence electrons. The number of nitrogens with two attached hydrogens (primary N) is 1. The molecule has 4 saturated carbocycles. The highest BCUT2D eigenvalue weighted by molar-refractivity contribution is 5.83. The van der Waals surface area contributed by atoms with Gasteiger partial charge in [0.25, 0.3) is 0 Å². The molecule has 4 fully saturated rings. The van der Waals surface area contributed by atoms with E-state index in [0.717, 1.165) is 49.9 Å². The topological polar surface area (TPSA) is 55.1 Å². The Kier molecular flexibility index (Phi) is 3.59. The van der Waals surface area contributed by atoms with Crippen molar-refractivity contribution in [3.63, 3.8) is 0 Å². The van der Waals surface area contributed by atoms with Gasteiger partial charge in [-0.05, 0) is 62.7 Å². The van der Waals surface area contributed by atoms with E-state index < -0.39 is 0 Å². The molecule has 4 aliphatic carbocycles. The highest BCUT2D eigenvalue weighted by Gasteiger charge is 2.54. The Bertz CT molecular complexity index is 317. The standard InChI is InChI=1S/C16H28N2O/c1-2-3-14(10-17)18-15(19)16-7-11-4-12(8-16)6-13(5-11)9-16/h11-14H,2-10,17H2,1H3,(H,18,19). The molecule has 0 aliphatic heterocycles. The first-order chi connectivity index (χ1) is 9.15. The number of hydrogen-bond donors (Lipinski definition) is 2. The van der Waals surface area contributed by atoms with Crippen molar-refractivity contribution >= 4 is 5.91 Å². The first kappa shape index (κ1) is 13.4. The Balaban J connectivity index is 1.69. The van der Waals surface area contributed by atoms with Crippen LogP contribution in [-0.4, -0.2) is 18.5 Å². The Labute approximate surface area is 116 Å². The average Bonchev–Trinajstić information content (AvgIpc) is 2.36. The molecule has 1 amide bonds. The summed E-state index contributed by atoms with van der Waals surface area (Å²) in [6.45, 7) is 2.73. The Morgan fingerprint density at radius 1 is 1.21 bits per heavy atom. The number of amides is 1. The quantitative estimate of drug-likeness (QED) is 0.801. The van der Waals surface area contributed by atoms with Crippen molar-refractivity contribution in [2.45, 2.75) is 64.3 Å². The lowest BCUT2D eigenvalue weighted by atomic mass is 9.49. The van der Waals surface area contributed by atoms with E-state index in [9.17, 15) is 4.79 Å². The number of nitrogens with one attached hydrogen (secondary N) is 1. The minimum absolute atomic E-state index is 0.0179. The molecule has 4 aliphatic rings. The highest BCUT2D eigenvalue weighted by Crippen LogP contribution is 2.60. The largest absolute Gasteiger partial charge is 0.352 e. The van der Waals surface area contributed by atoms with Gasteiger partial charge in [-0.25, -0.2) is 0 Å². The van der Waals surface area contributed by atoms with E-state index in [1.165, 1.54) is 19.3 Å². The predicted octanol–water partition coefficient (Wildman–Crippen LogP) is 2.45. The van der Waals surface area contributed by atoms with Gasteiger partial charge in [-0.15, -0.1) is 0 Å². The summed E-state index contributed by atoms with van der Waals surface area (Å²) in [6, 6.07) is 0.186. The Hall–Kier alpha value is -0.570. The van der Waals surface area contributed by atoms with Crippen molar-refractivity contribution in [3.05, 3.63) is 0 Å². The molecule has 4 bridgehead atoms. The number of carbonyl (C=O) groups excluding carboxylic acids is 1. The molecule has 19 heavy (non-hydrogen) atoms. The van der Waals surface area contributed by atoms with Crippen LogP contribution in [0.3, 0.4) is 0 Å². The van der Waals surface area contributed by atoms with E-state index in [2.05, 4.69) is 12.2 Å². The lowest BCUT2D eigenvalue weighted by Crippen LogP contribution is -2.56. The van der Waals surface area contributed by atoms with Gasteiger partial charge >= 0.3 is 0 Å². The van der Waals surface area contributed by atoms with Crippen LogP contribution < -0.4 is 11.1 Å². The summed E-state index contributed by atoms with van der Waals surface area (Å²) < 4.78 is 0. The normalized spacial score (nSPS) is 41.3. The summed E-state index contributed by atoms with van der Waals surface area (Å²) >= 11 is 0. The molecule has 0 heterocycles. The second kappa shape index (κ2) is 5.08. The van der Waals surface area contributed by atoms with Crippen molar-refractivity contribution in [1.82, 2.24) is 5.32 Å². The van der Waals surface area contributed by atoms with Gasteiger partial charge < -0.3 is 11.1 Å². The number of carbonyl (C=O) groups is 1. The van der Waals surface area contributed by atoms with Gasteiger partial charge in [0, 0.05) is 18.0 Å². The fourth-order valence-corrected chi connectivity index (χ4v) is 5.32. The third-order valence-corrected chi connectivity index (χ3v) is 5.78. The summed E-state index contributed by atoms with van der Waals surface area (Å²) in [5, 5.41) is 3.26. The van der Waals surface area contributed by atoms with E-state index in [0.29, 0.717) is 12.5 Å². The van der Waals surface area contributed by atoms with E-state index in [1.54, 1.807) is 0 Å². The second-order valence-corrected chi connectivity index (χ2v) is 7.39. The van der Waals surface area contributed by atoms with Crippen LogP contribution >= 0.6 is 0 Å². The van der Waals surface area contributed by atoms with E-state index in [1.807, 2.05) is 0 Å². The number of rotatable bonds is 5. The Morgan fingerprint density at radius 3 is 2.16 bits per heavy atom. The van der Waals surface area contributed by atoms with Crippen molar-refractivity contribution in [2.75, 3.05) is 6.54 Å². The molecule has 4 rings (SSSR count). The molecule has 3 nitrogen and oxygen atoms in total. The molecule has 0 radical (unpaired) electrons. The predicted molar refractivity (Wildman–Crippen MR) is 76.5 cm³/mol. The van der Waals surface area contributed by atoms with Crippen LogP contribution in [0.5, 0.6) is 0 Å². The van der Waals surface area contributed by atoms with Crippen LogP contribution in [0.2, 0.25) is 0 Å². The lowest BCUT2D eigenvalue weighted by molar-refractivity contribution is -0.147. The molecule has 0 aromatic rings. The zero-order chi connectivity index (χ0) is 13.5. The zero-order valence-corrected chi connectivity index (χ0v) is 12.2. The van der Waals surface area contributed by atoms with Gasteiger partial charge in [-0.1, -0.05) is 13.3 Å². The fourth-order valence-electron chi connectivity index (χ4n) is 5.32. The summed E-state index contributed by atoms with van der Waals surface area (Å²) in [7, 11) is 0. The molecular weight excluding hydrogens is 236 g/mol. The first-order valence-corrected chi connectivity index (χ1v) is 8.16. The lowest BCUT2D eigenvalue weighted by Gasteiger charge is -2.55. The van der Waals surface area contributed by atoms with Crippen LogP contribution in [-0.2, 0) is 4.79 Å². The van der Waals surface area contributed by atoms with Crippen LogP contribution in [0, 0.1) is 23.2 Å². The van der Waals surface area contributed by atoms with Crippen molar-refractivity contribution < 1.29 is 4.79 Å². The molecule has 0 spiro atoms. The summed E-state index contributed by atoms with van der Waals surface area (Å²) in [4.78, 5) is 12.8. The molecule has 0 aromatic heterocycles. The maximum atomic E-state index is 12.8. The second-order valence-electron chi connectivity index (χ2n) is 7.39. The van der Waals surface area contributed by atoms with Gasteiger partial charge in [0.2, 0.25) is 5.91 Å². The van der Waals surface area contributed by atoms with E-state index in [-0.39, 0.29) is 11.5 Å². The van der Waals surface area contributed by atoms with Gasteiger partial charge in [0.1, 0.15) is 0 Å². The maximum Gasteiger partial charge on any atom is 0.226 e. The molecule has 0 saturated heterocycles. The van der Waals surface area contributed by atoms with Crippen molar-refractivity contribution in [1.29, 1.82) is 0 Å². The van der Waals surface area contributed by atoms with Crippen LogP contribution in [0.15, 0.2) is 0 Å². The Morgan fingerprint density at radius 2 is 1.74 bits per heavy atom. The molecule has 3 heteroatoms. The van der Waals surface area contributed by atoms with Crippen molar-refractivity contribution in [2.24, 2.45) is 28.9 Å².